The smallest absolute Gasteiger partial charge is 0.236 e. The van der Waals surface area contributed by atoms with Crippen LogP contribution in [0.2, 0.25) is 0 Å². The van der Waals surface area contributed by atoms with Gasteiger partial charge in [-0.05, 0) is 32.4 Å². The Morgan fingerprint density at radius 2 is 1.95 bits per heavy atom. The second kappa shape index (κ2) is 6.79. The standard InChI is InChI=1S/C15H20F2N2O/c1-18(10-12-5-6-13(16)9-14(12)17)11-15(20)19-7-3-2-4-8-19/h5-6,9H,2-4,7-8,10-11H2,1H3. The van der Waals surface area contributed by atoms with E-state index in [4.69, 9.17) is 0 Å². The van der Waals surface area contributed by atoms with Crippen molar-refractivity contribution in [2.24, 2.45) is 0 Å². The molecular formula is C15H20F2N2O. The van der Waals surface area contributed by atoms with Gasteiger partial charge in [-0.3, -0.25) is 9.69 Å². The normalized spacial score (nSPS) is 15.7. The van der Waals surface area contributed by atoms with E-state index in [-0.39, 0.29) is 12.5 Å². The van der Waals surface area contributed by atoms with Crippen molar-refractivity contribution < 1.29 is 13.6 Å². The van der Waals surface area contributed by atoms with Gasteiger partial charge in [0, 0.05) is 31.3 Å². The molecule has 0 unspecified atom stereocenters. The second-order valence-corrected chi connectivity index (χ2v) is 5.35. The van der Waals surface area contributed by atoms with Gasteiger partial charge in [0.05, 0.1) is 6.54 Å². The summed E-state index contributed by atoms with van der Waals surface area (Å²) in [6.45, 7) is 2.19. The highest BCUT2D eigenvalue weighted by molar-refractivity contribution is 5.78. The van der Waals surface area contributed by atoms with Crippen molar-refractivity contribution in [3.05, 3.63) is 35.4 Å². The fraction of sp³-hybridized carbons (Fsp3) is 0.533. The Morgan fingerprint density at radius 3 is 2.60 bits per heavy atom. The van der Waals surface area contributed by atoms with Crippen molar-refractivity contribution in [1.29, 1.82) is 0 Å². The van der Waals surface area contributed by atoms with E-state index in [1.54, 1.807) is 11.9 Å². The van der Waals surface area contributed by atoms with Gasteiger partial charge in [0.1, 0.15) is 11.6 Å². The Hall–Kier alpha value is -1.49. The van der Waals surface area contributed by atoms with E-state index in [0.29, 0.717) is 12.1 Å². The molecule has 0 aliphatic carbocycles. The molecule has 2 rings (SSSR count). The highest BCUT2D eigenvalue weighted by Crippen LogP contribution is 2.13. The van der Waals surface area contributed by atoms with Gasteiger partial charge in [-0.1, -0.05) is 6.07 Å². The fourth-order valence-corrected chi connectivity index (χ4v) is 2.47. The number of likely N-dealkylation sites (N-methyl/N-ethyl adjacent to an activating group) is 1. The van der Waals surface area contributed by atoms with Crippen molar-refractivity contribution in [3.63, 3.8) is 0 Å². The zero-order chi connectivity index (χ0) is 14.5. The van der Waals surface area contributed by atoms with E-state index in [9.17, 15) is 13.6 Å². The first kappa shape index (κ1) is 14.9. The first-order valence-corrected chi connectivity index (χ1v) is 6.96. The highest BCUT2D eigenvalue weighted by Gasteiger charge is 2.18. The van der Waals surface area contributed by atoms with Crippen LogP contribution in [-0.4, -0.2) is 42.4 Å². The molecule has 1 aliphatic rings. The second-order valence-electron chi connectivity index (χ2n) is 5.35. The molecule has 0 radical (unpaired) electrons. The maximum atomic E-state index is 13.5. The molecule has 0 atom stereocenters. The monoisotopic (exact) mass is 282 g/mol. The number of piperidine rings is 1. The summed E-state index contributed by atoms with van der Waals surface area (Å²) >= 11 is 0. The molecule has 1 amide bonds. The Labute approximate surface area is 118 Å². The Morgan fingerprint density at radius 1 is 1.25 bits per heavy atom. The molecule has 5 heteroatoms. The quantitative estimate of drug-likeness (QED) is 0.846. The van der Waals surface area contributed by atoms with E-state index in [1.807, 2.05) is 4.90 Å². The van der Waals surface area contributed by atoms with Crippen LogP contribution < -0.4 is 0 Å². The number of hydrogen-bond acceptors (Lipinski definition) is 2. The van der Waals surface area contributed by atoms with Gasteiger partial charge in [0.15, 0.2) is 0 Å². The Kier molecular flexibility index (Phi) is 5.06. The van der Waals surface area contributed by atoms with Crippen LogP contribution >= 0.6 is 0 Å². The first-order valence-electron chi connectivity index (χ1n) is 6.96. The van der Waals surface area contributed by atoms with Gasteiger partial charge in [-0.25, -0.2) is 8.78 Å². The SMILES string of the molecule is CN(CC(=O)N1CCCCC1)Cc1ccc(F)cc1F. The zero-order valence-electron chi connectivity index (χ0n) is 11.7. The summed E-state index contributed by atoms with van der Waals surface area (Å²) in [5.74, 6) is -1.07. The van der Waals surface area contributed by atoms with Crippen molar-refractivity contribution in [2.45, 2.75) is 25.8 Å². The summed E-state index contributed by atoms with van der Waals surface area (Å²) in [5.41, 5.74) is 0.403. The molecule has 1 aromatic carbocycles. The van der Waals surface area contributed by atoms with Gasteiger partial charge >= 0.3 is 0 Å². The number of benzene rings is 1. The van der Waals surface area contributed by atoms with Crippen molar-refractivity contribution >= 4 is 5.91 Å². The van der Waals surface area contributed by atoms with Gasteiger partial charge in [0.2, 0.25) is 5.91 Å². The molecule has 0 spiro atoms. The lowest BCUT2D eigenvalue weighted by atomic mass is 10.1. The number of nitrogens with zero attached hydrogens (tertiary/aromatic N) is 2. The number of rotatable bonds is 4. The third-order valence-electron chi connectivity index (χ3n) is 3.57. The first-order chi connectivity index (χ1) is 9.56. The average molecular weight is 282 g/mol. The van der Waals surface area contributed by atoms with Crippen LogP contribution in [0.25, 0.3) is 0 Å². The van der Waals surface area contributed by atoms with E-state index in [1.165, 1.54) is 18.6 Å². The Balaban J connectivity index is 1.88. The number of hydrogen-bond donors (Lipinski definition) is 0. The summed E-state index contributed by atoms with van der Waals surface area (Å²) in [7, 11) is 1.77. The van der Waals surface area contributed by atoms with E-state index >= 15 is 0 Å². The largest absolute Gasteiger partial charge is 0.342 e. The topological polar surface area (TPSA) is 23.6 Å². The van der Waals surface area contributed by atoms with E-state index in [2.05, 4.69) is 0 Å². The van der Waals surface area contributed by atoms with Gasteiger partial charge in [-0.2, -0.15) is 0 Å². The lowest BCUT2D eigenvalue weighted by Crippen LogP contribution is -2.41. The Bertz CT molecular complexity index is 473. The summed E-state index contributed by atoms with van der Waals surface area (Å²) in [4.78, 5) is 15.7. The van der Waals surface area contributed by atoms with Crippen molar-refractivity contribution in [2.75, 3.05) is 26.7 Å². The molecule has 110 valence electrons. The lowest BCUT2D eigenvalue weighted by Gasteiger charge is -2.28. The minimum Gasteiger partial charge on any atom is -0.342 e. The van der Waals surface area contributed by atoms with Crippen LogP contribution in [0.3, 0.4) is 0 Å². The number of likely N-dealkylation sites (tertiary alicyclic amines) is 1. The molecule has 3 nitrogen and oxygen atoms in total. The predicted octanol–water partition coefficient (Wildman–Crippen LogP) is 2.41. The number of halogens is 2. The van der Waals surface area contributed by atoms with Crippen LogP contribution in [0.4, 0.5) is 8.78 Å². The summed E-state index contributed by atoms with van der Waals surface area (Å²) in [6.07, 6.45) is 3.30. The minimum absolute atomic E-state index is 0.0784. The van der Waals surface area contributed by atoms with Crippen LogP contribution in [0, 0.1) is 11.6 Å². The zero-order valence-corrected chi connectivity index (χ0v) is 11.7. The highest BCUT2D eigenvalue weighted by atomic mass is 19.1. The van der Waals surface area contributed by atoms with Crippen LogP contribution in [-0.2, 0) is 11.3 Å². The van der Waals surface area contributed by atoms with Crippen LogP contribution in [0.1, 0.15) is 24.8 Å². The average Bonchev–Trinajstić information content (AvgIpc) is 2.43. The van der Waals surface area contributed by atoms with Crippen molar-refractivity contribution in [1.82, 2.24) is 9.80 Å². The minimum atomic E-state index is -0.585. The van der Waals surface area contributed by atoms with Gasteiger partial charge in [-0.15, -0.1) is 0 Å². The predicted molar refractivity (Wildman–Crippen MR) is 73.1 cm³/mol. The van der Waals surface area contributed by atoms with Gasteiger partial charge < -0.3 is 4.90 Å². The van der Waals surface area contributed by atoms with Crippen molar-refractivity contribution in [3.8, 4) is 0 Å². The maximum absolute atomic E-state index is 13.5. The lowest BCUT2D eigenvalue weighted by molar-refractivity contribution is -0.133. The summed E-state index contributed by atoms with van der Waals surface area (Å²) in [6, 6.07) is 3.53. The summed E-state index contributed by atoms with van der Waals surface area (Å²) in [5, 5.41) is 0. The number of carbonyl (C=O) groups excluding carboxylic acids is 1. The third kappa shape index (κ3) is 4.00. The molecule has 1 heterocycles. The molecule has 1 aromatic rings. The number of amides is 1. The van der Waals surface area contributed by atoms with Gasteiger partial charge in [0.25, 0.3) is 0 Å². The summed E-state index contributed by atoms with van der Waals surface area (Å²) < 4.78 is 26.4. The molecule has 0 aromatic heterocycles. The fourth-order valence-electron chi connectivity index (χ4n) is 2.47. The maximum Gasteiger partial charge on any atom is 0.236 e. The molecule has 1 aliphatic heterocycles. The third-order valence-corrected chi connectivity index (χ3v) is 3.57. The van der Waals surface area contributed by atoms with E-state index in [0.717, 1.165) is 32.0 Å². The molecule has 20 heavy (non-hydrogen) atoms. The van der Waals surface area contributed by atoms with Crippen LogP contribution in [0.15, 0.2) is 18.2 Å². The molecule has 1 fully saturated rings. The number of carbonyl (C=O) groups is 1. The van der Waals surface area contributed by atoms with Crippen LogP contribution in [0.5, 0.6) is 0 Å². The molecule has 1 saturated heterocycles. The molecule has 0 bridgehead atoms. The molecule has 0 saturated carbocycles. The molecule has 0 N–H and O–H groups in total. The van der Waals surface area contributed by atoms with E-state index < -0.39 is 11.6 Å². The molecular weight excluding hydrogens is 262 g/mol.